The van der Waals surface area contributed by atoms with Crippen molar-refractivity contribution in [1.29, 1.82) is 0 Å². The van der Waals surface area contributed by atoms with Crippen LogP contribution in [0.15, 0.2) is 0 Å². The quantitative estimate of drug-likeness (QED) is 0.354. The fourth-order valence-corrected chi connectivity index (χ4v) is 4.50. The number of rotatable bonds is 10. The zero-order chi connectivity index (χ0) is 15.8. The van der Waals surface area contributed by atoms with Gasteiger partial charge in [-0.05, 0) is 25.8 Å². The van der Waals surface area contributed by atoms with E-state index in [4.69, 9.17) is 0 Å². The van der Waals surface area contributed by atoms with Crippen LogP contribution in [0.1, 0.15) is 39.0 Å². The second-order valence-electron chi connectivity index (χ2n) is 5.97. The Morgan fingerprint density at radius 3 is 2.95 bits per heavy atom. The number of urea groups is 1. The van der Waals surface area contributed by atoms with Gasteiger partial charge in [-0.1, -0.05) is 13.3 Å². The maximum Gasteiger partial charge on any atom is 0.315 e. The summed E-state index contributed by atoms with van der Waals surface area (Å²) in [5, 5.41) is 12.6. The molecule has 0 aromatic rings. The van der Waals surface area contributed by atoms with Gasteiger partial charge in [-0.2, -0.15) is 11.8 Å². The molecule has 2 fully saturated rings. The third-order valence-electron chi connectivity index (χ3n) is 4.13. The van der Waals surface area contributed by atoms with Gasteiger partial charge in [0.05, 0.1) is 12.1 Å². The molecule has 4 N–H and O–H groups in total. The van der Waals surface area contributed by atoms with Gasteiger partial charge in [0.2, 0.25) is 5.91 Å². The van der Waals surface area contributed by atoms with Gasteiger partial charge in [-0.3, -0.25) is 4.79 Å². The lowest BCUT2D eigenvalue weighted by molar-refractivity contribution is -0.121. The van der Waals surface area contributed by atoms with Crippen molar-refractivity contribution in [1.82, 2.24) is 21.3 Å². The molecule has 2 rings (SSSR count). The molecule has 0 saturated carbocycles. The zero-order valence-corrected chi connectivity index (χ0v) is 14.1. The van der Waals surface area contributed by atoms with Gasteiger partial charge in [0.25, 0.3) is 0 Å². The Labute approximate surface area is 136 Å². The first-order valence-corrected chi connectivity index (χ1v) is 9.41. The highest BCUT2D eigenvalue weighted by molar-refractivity contribution is 8.00. The lowest BCUT2D eigenvalue weighted by Gasteiger charge is -2.16. The summed E-state index contributed by atoms with van der Waals surface area (Å²) in [7, 11) is 0. The third-order valence-corrected chi connectivity index (χ3v) is 5.64. The average Bonchev–Trinajstić information content (AvgIpc) is 3.03. The monoisotopic (exact) mass is 328 g/mol. The standard InChI is InChI=1S/C15H28N4O2S/c1-2-7-16-8-9-17-13(20)6-4-3-5-12-14-11(10-22-12)18-15(21)19-14/h11-12,14,16H,2-10H2,1H3,(H,17,20)(H2,18,19,21)/t11-,12-,14-/m0/s1. The first kappa shape index (κ1) is 17.4. The van der Waals surface area contributed by atoms with E-state index in [2.05, 4.69) is 28.2 Å². The largest absolute Gasteiger partial charge is 0.355 e. The fourth-order valence-electron chi connectivity index (χ4n) is 2.95. The van der Waals surface area contributed by atoms with Crippen LogP contribution in [0, 0.1) is 0 Å². The van der Waals surface area contributed by atoms with E-state index in [0.29, 0.717) is 24.3 Å². The van der Waals surface area contributed by atoms with Crippen molar-refractivity contribution in [2.24, 2.45) is 0 Å². The predicted octanol–water partition coefficient (Wildman–Crippen LogP) is 0.828. The molecule has 0 aromatic heterocycles. The van der Waals surface area contributed by atoms with Crippen LogP contribution in [0.2, 0.25) is 0 Å². The number of nitrogens with one attached hydrogen (secondary N) is 4. The lowest BCUT2D eigenvalue weighted by atomic mass is 10.0. The summed E-state index contributed by atoms with van der Waals surface area (Å²) in [6.45, 7) is 4.68. The van der Waals surface area contributed by atoms with Crippen LogP contribution in [0.5, 0.6) is 0 Å². The molecule has 0 aromatic carbocycles. The first-order chi connectivity index (χ1) is 10.7. The molecule has 2 aliphatic rings. The van der Waals surface area contributed by atoms with E-state index >= 15 is 0 Å². The molecule has 22 heavy (non-hydrogen) atoms. The number of carbonyl (C=O) groups is 2. The van der Waals surface area contributed by atoms with Crippen molar-refractivity contribution in [3.05, 3.63) is 0 Å². The highest BCUT2D eigenvalue weighted by atomic mass is 32.2. The number of fused-ring (bicyclic) bond motifs is 1. The van der Waals surface area contributed by atoms with Crippen molar-refractivity contribution in [2.75, 3.05) is 25.4 Å². The van der Waals surface area contributed by atoms with Crippen molar-refractivity contribution < 1.29 is 9.59 Å². The molecular formula is C15H28N4O2S. The van der Waals surface area contributed by atoms with E-state index in [1.165, 1.54) is 0 Å². The van der Waals surface area contributed by atoms with E-state index in [9.17, 15) is 9.59 Å². The van der Waals surface area contributed by atoms with Crippen LogP contribution in [-0.4, -0.2) is 54.7 Å². The molecule has 3 amide bonds. The Morgan fingerprint density at radius 2 is 2.14 bits per heavy atom. The number of thioether (sulfide) groups is 1. The van der Waals surface area contributed by atoms with Gasteiger partial charge in [0.1, 0.15) is 0 Å². The van der Waals surface area contributed by atoms with Crippen LogP contribution >= 0.6 is 11.8 Å². The minimum absolute atomic E-state index is 0.0311. The molecule has 0 bridgehead atoms. The van der Waals surface area contributed by atoms with E-state index in [0.717, 1.165) is 44.5 Å². The van der Waals surface area contributed by atoms with Gasteiger partial charge in [-0.25, -0.2) is 4.79 Å². The average molecular weight is 328 g/mol. The van der Waals surface area contributed by atoms with Gasteiger partial charge >= 0.3 is 6.03 Å². The number of amides is 3. The summed E-state index contributed by atoms with van der Waals surface area (Å²) in [6, 6.07) is 0.536. The minimum atomic E-state index is -0.0311. The van der Waals surface area contributed by atoms with E-state index < -0.39 is 0 Å². The number of hydrogen-bond acceptors (Lipinski definition) is 4. The molecule has 0 aliphatic carbocycles. The lowest BCUT2D eigenvalue weighted by Crippen LogP contribution is -2.36. The van der Waals surface area contributed by atoms with Crippen molar-refractivity contribution >= 4 is 23.7 Å². The second kappa shape index (κ2) is 9.25. The normalized spacial score (nSPS) is 26.4. The Kier molecular flexibility index (Phi) is 7.32. The summed E-state index contributed by atoms with van der Waals surface area (Å²) in [4.78, 5) is 23.0. The molecule has 2 saturated heterocycles. The summed E-state index contributed by atoms with van der Waals surface area (Å²) >= 11 is 1.93. The van der Waals surface area contributed by atoms with Gasteiger partial charge in [0, 0.05) is 30.5 Å². The molecule has 0 unspecified atom stereocenters. The Hall–Kier alpha value is -0.950. The van der Waals surface area contributed by atoms with Gasteiger partial charge in [0.15, 0.2) is 0 Å². The van der Waals surface area contributed by atoms with E-state index in [1.807, 2.05) is 11.8 Å². The SMILES string of the molecule is CCCNCCNC(=O)CCCC[C@@H]1SC[C@@H]2NC(=O)N[C@@H]21. The van der Waals surface area contributed by atoms with Gasteiger partial charge in [-0.15, -0.1) is 0 Å². The molecule has 6 nitrogen and oxygen atoms in total. The van der Waals surface area contributed by atoms with Crippen LogP contribution in [0.3, 0.4) is 0 Å². The Morgan fingerprint density at radius 1 is 1.27 bits per heavy atom. The minimum Gasteiger partial charge on any atom is -0.355 e. The van der Waals surface area contributed by atoms with Crippen LogP contribution in [0.25, 0.3) is 0 Å². The zero-order valence-electron chi connectivity index (χ0n) is 13.3. The molecule has 126 valence electrons. The molecule has 0 radical (unpaired) electrons. The summed E-state index contributed by atoms with van der Waals surface area (Å²) < 4.78 is 0. The maximum atomic E-state index is 11.7. The van der Waals surface area contributed by atoms with E-state index in [1.54, 1.807) is 0 Å². The molecule has 7 heteroatoms. The maximum absolute atomic E-state index is 11.7. The van der Waals surface area contributed by atoms with Crippen LogP contribution < -0.4 is 21.3 Å². The summed E-state index contributed by atoms with van der Waals surface area (Å²) in [5.41, 5.74) is 0. The summed E-state index contributed by atoms with van der Waals surface area (Å²) in [5.74, 6) is 1.14. The topological polar surface area (TPSA) is 82.3 Å². The van der Waals surface area contributed by atoms with Crippen molar-refractivity contribution in [3.63, 3.8) is 0 Å². The van der Waals surface area contributed by atoms with E-state index in [-0.39, 0.29) is 18.0 Å². The third kappa shape index (κ3) is 5.35. The molecule has 2 aliphatic heterocycles. The number of unbranched alkanes of at least 4 members (excludes halogenated alkanes) is 1. The molecule has 2 heterocycles. The molecule has 0 spiro atoms. The van der Waals surface area contributed by atoms with Gasteiger partial charge < -0.3 is 21.3 Å². The number of carbonyl (C=O) groups excluding carboxylic acids is 2. The highest BCUT2D eigenvalue weighted by Crippen LogP contribution is 2.33. The fraction of sp³-hybridized carbons (Fsp3) is 0.867. The molecular weight excluding hydrogens is 300 g/mol. The molecule has 3 atom stereocenters. The van der Waals surface area contributed by atoms with Crippen LogP contribution in [-0.2, 0) is 4.79 Å². The summed E-state index contributed by atoms with van der Waals surface area (Å²) in [6.07, 6.45) is 4.75. The highest BCUT2D eigenvalue weighted by Gasteiger charge is 2.42. The predicted molar refractivity (Wildman–Crippen MR) is 90.1 cm³/mol. The van der Waals surface area contributed by atoms with Crippen LogP contribution in [0.4, 0.5) is 4.79 Å². The first-order valence-electron chi connectivity index (χ1n) is 8.36. The second-order valence-corrected chi connectivity index (χ2v) is 7.24. The van der Waals surface area contributed by atoms with Crippen molar-refractivity contribution in [3.8, 4) is 0 Å². The van der Waals surface area contributed by atoms with Crippen molar-refractivity contribution in [2.45, 2.75) is 56.4 Å². The Balaban J connectivity index is 1.49. The number of hydrogen-bond donors (Lipinski definition) is 4. The Bertz CT molecular complexity index is 381. The smallest absolute Gasteiger partial charge is 0.315 e.